The van der Waals surface area contributed by atoms with Gasteiger partial charge >= 0.3 is 0 Å². The molecule has 0 fully saturated rings. The van der Waals surface area contributed by atoms with Crippen LogP contribution in [0.2, 0.25) is 0 Å². The fourth-order valence-corrected chi connectivity index (χ4v) is 2.94. The summed E-state index contributed by atoms with van der Waals surface area (Å²) in [4.78, 5) is 0. The number of furan rings is 1. The largest absolute Gasteiger partial charge is 0.459 e. The highest BCUT2D eigenvalue weighted by atomic mass is 79.9. The molecule has 2 nitrogen and oxygen atoms in total. The molecule has 1 unspecified atom stereocenters. The van der Waals surface area contributed by atoms with Crippen LogP contribution in [0.5, 0.6) is 0 Å². The van der Waals surface area contributed by atoms with E-state index in [9.17, 15) is 8.78 Å². The van der Waals surface area contributed by atoms with Gasteiger partial charge in [0.1, 0.15) is 23.0 Å². The number of rotatable bonds is 3. The van der Waals surface area contributed by atoms with E-state index in [0.717, 1.165) is 5.56 Å². The molecule has 108 valence electrons. The fourth-order valence-electron chi connectivity index (χ4n) is 2.36. The van der Waals surface area contributed by atoms with Crippen LogP contribution in [0.15, 0.2) is 51.4 Å². The van der Waals surface area contributed by atoms with E-state index in [4.69, 9.17) is 4.42 Å². The van der Waals surface area contributed by atoms with Gasteiger partial charge in [-0.2, -0.15) is 0 Å². The fraction of sp³-hybridized carbons (Fsp3) is 0.125. The molecule has 3 rings (SSSR count). The summed E-state index contributed by atoms with van der Waals surface area (Å²) in [6.07, 6.45) is 0. The molecule has 0 radical (unpaired) electrons. The Labute approximate surface area is 128 Å². The summed E-state index contributed by atoms with van der Waals surface area (Å²) in [5.74, 6) is 0.0244. The number of halogens is 3. The maximum atomic E-state index is 13.3. The molecule has 21 heavy (non-hydrogen) atoms. The zero-order chi connectivity index (χ0) is 15.0. The van der Waals surface area contributed by atoms with Crippen LogP contribution in [0.4, 0.5) is 8.78 Å². The molecule has 1 N–H and O–H groups in total. The first-order chi connectivity index (χ1) is 10.1. The summed E-state index contributed by atoms with van der Waals surface area (Å²) in [7, 11) is 1.79. The minimum atomic E-state index is -0.313. The first kappa shape index (κ1) is 14.2. The second-order valence-electron chi connectivity index (χ2n) is 4.72. The third kappa shape index (κ3) is 2.71. The Balaban J connectivity index is 2.09. The van der Waals surface area contributed by atoms with Gasteiger partial charge < -0.3 is 9.73 Å². The summed E-state index contributed by atoms with van der Waals surface area (Å²) in [5.41, 5.74) is 1.46. The minimum Gasteiger partial charge on any atom is -0.459 e. The van der Waals surface area contributed by atoms with Crippen LogP contribution in [0.25, 0.3) is 11.0 Å². The number of fused-ring (bicyclic) bond motifs is 1. The van der Waals surface area contributed by atoms with Gasteiger partial charge in [0.25, 0.3) is 0 Å². The van der Waals surface area contributed by atoms with E-state index in [0.29, 0.717) is 21.2 Å². The van der Waals surface area contributed by atoms with Crippen LogP contribution in [0, 0.1) is 11.6 Å². The van der Waals surface area contributed by atoms with Crippen molar-refractivity contribution in [2.75, 3.05) is 7.05 Å². The SMILES string of the molecule is CNC(c1cc2cc(F)ccc2o1)c1ccc(F)cc1Br. The van der Waals surface area contributed by atoms with Crippen molar-refractivity contribution < 1.29 is 13.2 Å². The van der Waals surface area contributed by atoms with Gasteiger partial charge in [0.15, 0.2) is 0 Å². The molecule has 1 aromatic heterocycles. The Morgan fingerprint density at radius 2 is 1.76 bits per heavy atom. The van der Waals surface area contributed by atoms with Crippen molar-refractivity contribution in [1.29, 1.82) is 0 Å². The van der Waals surface area contributed by atoms with E-state index >= 15 is 0 Å². The predicted molar refractivity (Wildman–Crippen MR) is 81.2 cm³/mol. The molecule has 2 aromatic carbocycles. The van der Waals surface area contributed by atoms with Gasteiger partial charge in [-0.3, -0.25) is 0 Å². The van der Waals surface area contributed by atoms with Crippen molar-refractivity contribution in [1.82, 2.24) is 5.32 Å². The summed E-state index contributed by atoms with van der Waals surface area (Å²) < 4.78 is 32.9. The van der Waals surface area contributed by atoms with Gasteiger partial charge in [-0.15, -0.1) is 0 Å². The van der Waals surface area contributed by atoms with E-state index in [1.165, 1.54) is 24.3 Å². The molecule has 0 aliphatic rings. The van der Waals surface area contributed by atoms with Crippen LogP contribution in [-0.4, -0.2) is 7.05 Å². The van der Waals surface area contributed by atoms with Crippen molar-refractivity contribution in [3.05, 3.63) is 69.9 Å². The highest BCUT2D eigenvalue weighted by Gasteiger charge is 2.19. The number of hydrogen-bond donors (Lipinski definition) is 1. The van der Waals surface area contributed by atoms with E-state index in [1.54, 1.807) is 25.2 Å². The highest BCUT2D eigenvalue weighted by Crippen LogP contribution is 2.32. The first-order valence-corrected chi connectivity index (χ1v) is 7.19. The molecule has 3 aromatic rings. The Hall–Kier alpha value is -1.72. The highest BCUT2D eigenvalue weighted by molar-refractivity contribution is 9.10. The zero-order valence-corrected chi connectivity index (χ0v) is 12.7. The lowest BCUT2D eigenvalue weighted by Crippen LogP contribution is -2.17. The Kier molecular flexibility index (Phi) is 3.78. The maximum absolute atomic E-state index is 13.3. The standard InChI is InChI=1S/C16H12BrF2NO/c1-20-16(12-4-2-11(19)8-13(12)17)15-7-9-6-10(18)3-5-14(9)21-15/h2-8,16,20H,1H3. The number of hydrogen-bond acceptors (Lipinski definition) is 2. The Bertz CT molecular complexity index is 800. The molecule has 5 heteroatoms. The van der Waals surface area contributed by atoms with Crippen LogP contribution < -0.4 is 5.32 Å². The van der Waals surface area contributed by atoms with E-state index in [2.05, 4.69) is 21.2 Å². The molecule has 0 aliphatic heterocycles. The monoisotopic (exact) mass is 351 g/mol. The average Bonchev–Trinajstić information content (AvgIpc) is 2.84. The van der Waals surface area contributed by atoms with Crippen molar-refractivity contribution in [2.45, 2.75) is 6.04 Å². The van der Waals surface area contributed by atoms with Gasteiger partial charge in [-0.1, -0.05) is 22.0 Å². The molecule has 1 atom stereocenters. The summed E-state index contributed by atoms with van der Waals surface area (Å²) >= 11 is 3.36. The van der Waals surface area contributed by atoms with Gasteiger partial charge in [-0.25, -0.2) is 8.78 Å². The lowest BCUT2D eigenvalue weighted by Gasteiger charge is -2.15. The Morgan fingerprint density at radius 3 is 2.48 bits per heavy atom. The minimum absolute atomic E-state index is 0.254. The summed E-state index contributed by atoms with van der Waals surface area (Å²) in [6.45, 7) is 0. The van der Waals surface area contributed by atoms with Gasteiger partial charge in [0.05, 0.1) is 6.04 Å². The van der Waals surface area contributed by atoms with Gasteiger partial charge in [0, 0.05) is 9.86 Å². The van der Waals surface area contributed by atoms with Crippen LogP contribution in [0.1, 0.15) is 17.4 Å². The van der Waals surface area contributed by atoms with Crippen molar-refractivity contribution in [3.63, 3.8) is 0 Å². The van der Waals surface area contributed by atoms with E-state index in [-0.39, 0.29) is 17.7 Å². The van der Waals surface area contributed by atoms with Crippen LogP contribution in [0.3, 0.4) is 0 Å². The van der Waals surface area contributed by atoms with Gasteiger partial charge in [0.2, 0.25) is 0 Å². The molecule has 0 aliphatic carbocycles. The lowest BCUT2D eigenvalue weighted by molar-refractivity contribution is 0.490. The molecule has 1 heterocycles. The molecule has 0 saturated carbocycles. The molecular formula is C16H12BrF2NO. The molecular weight excluding hydrogens is 340 g/mol. The third-order valence-electron chi connectivity index (χ3n) is 3.34. The molecule has 0 spiro atoms. The van der Waals surface area contributed by atoms with Crippen molar-refractivity contribution >= 4 is 26.9 Å². The molecule has 0 bridgehead atoms. The maximum Gasteiger partial charge on any atom is 0.134 e. The van der Waals surface area contributed by atoms with Crippen molar-refractivity contribution in [3.8, 4) is 0 Å². The quantitative estimate of drug-likeness (QED) is 0.734. The molecule has 0 amide bonds. The van der Waals surface area contributed by atoms with Crippen LogP contribution in [-0.2, 0) is 0 Å². The second kappa shape index (κ2) is 5.58. The van der Waals surface area contributed by atoms with Gasteiger partial charge in [-0.05, 0) is 49.0 Å². The lowest BCUT2D eigenvalue weighted by atomic mass is 10.0. The predicted octanol–water partition coefficient (Wildman–Crippen LogP) is 4.78. The van der Waals surface area contributed by atoms with E-state index in [1.807, 2.05) is 0 Å². The first-order valence-electron chi connectivity index (χ1n) is 6.39. The Morgan fingerprint density at radius 1 is 1.05 bits per heavy atom. The third-order valence-corrected chi connectivity index (χ3v) is 4.03. The molecule has 0 saturated heterocycles. The van der Waals surface area contributed by atoms with Crippen LogP contribution >= 0.6 is 15.9 Å². The summed E-state index contributed by atoms with van der Waals surface area (Å²) in [5, 5.41) is 3.83. The average molecular weight is 352 g/mol. The number of nitrogens with one attached hydrogen (secondary N) is 1. The second-order valence-corrected chi connectivity index (χ2v) is 5.57. The zero-order valence-electron chi connectivity index (χ0n) is 11.2. The normalized spacial score (nSPS) is 12.8. The smallest absolute Gasteiger partial charge is 0.134 e. The summed E-state index contributed by atoms with van der Waals surface area (Å²) in [6, 6.07) is 10.4. The topological polar surface area (TPSA) is 25.2 Å². The van der Waals surface area contributed by atoms with E-state index < -0.39 is 0 Å². The van der Waals surface area contributed by atoms with Crippen molar-refractivity contribution in [2.24, 2.45) is 0 Å². The number of benzene rings is 2.